The Morgan fingerprint density at radius 3 is 2.39 bits per heavy atom. The van der Waals surface area contributed by atoms with Gasteiger partial charge in [-0.15, -0.1) is 11.8 Å². The topological polar surface area (TPSA) is 33.0 Å². The third-order valence-corrected chi connectivity index (χ3v) is 8.02. The molecule has 1 saturated heterocycles. The van der Waals surface area contributed by atoms with Crippen molar-refractivity contribution in [2.45, 2.75) is 50.6 Å². The van der Waals surface area contributed by atoms with Crippen LogP contribution in [0.25, 0.3) is 16.8 Å². The van der Waals surface area contributed by atoms with Gasteiger partial charge >= 0.3 is 0 Å². The van der Waals surface area contributed by atoms with E-state index in [2.05, 4.69) is 71.8 Å². The summed E-state index contributed by atoms with van der Waals surface area (Å²) in [6, 6.07) is 11.5. The Hall–Kier alpha value is -2.18. The fraction of sp³-hybridized carbons (Fsp3) is 0.519. The van der Waals surface area contributed by atoms with Crippen LogP contribution in [0.2, 0.25) is 0 Å². The van der Waals surface area contributed by atoms with Crippen LogP contribution >= 0.6 is 11.8 Å². The number of thioether (sulfide) groups is 1. The van der Waals surface area contributed by atoms with Crippen LogP contribution in [0.15, 0.2) is 35.4 Å². The Morgan fingerprint density at radius 1 is 1.09 bits per heavy atom. The summed E-state index contributed by atoms with van der Waals surface area (Å²) in [5.74, 6) is 1.74. The van der Waals surface area contributed by atoms with Gasteiger partial charge in [0, 0.05) is 18.2 Å². The highest BCUT2D eigenvalue weighted by molar-refractivity contribution is 7.98. The van der Waals surface area contributed by atoms with Gasteiger partial charge in [-0.2, -0.15) is 5.10 Å². The molecule has 0 unspecified atom stereocenters. The number of nitrogens with zero attached hydrogens (tertiary/aromatic N) is 4. The van der Waals surface area contributed by atoms with E-state index < -0.39 is 0 Å². The smallest absolute Gasteiger partial charge is 0.142 e. The van der Waals surface area contributed by atoms with Crippen molar-refractivity contribution in [2.75, 3.05) is 44.9 Å². The summed E-state index contributed by atoms with van der Waals surface area (Å²) >= 11 is 1.78. The van der Waals surface area contributed by atoms with Crippen molar-refractivity contribution < 1.29 is 4.74 Å². The van der Waals surface area contributed by atoms with Crippen molar-refractivity contribution in [3.8, 4) is 17.0 Å². The zero-order chi connectivity index (χ0) is 23.1. The Kier molecular flexibility index (Phi) is 6.32. The number of ether oxygens (including phenoxy) is 1. The Labute approximate surface area is 202 Å². The van der Waals surface area contributed by atoms with Crippen LogP contribution < -0.4 is 9.64 Å². The Bertz CT molecular complexity index is 1120. The first-order valence-electron chi connectivity index (χ1n) is 12.2. The molecule has 1 aliphatic heterocycles. The molecule has 0 atom stereocenters. The second-order valence-electron chi connectivity index (χ2n) is 9.83. The lowest BCUT2D eigenvalue weighted by Crippen LogP contribution is -2.45. The molecule has 0 radical (unpaired) electrons. The van der Waals surface area contributed by atoms with Crippen LogP contribution in [0, 0.1) is 19.8 Å². The van der Waals surface area contributed by atoms with E-state index in [0.717, 1.165) is 28.9 Å². The largest absolute Gasteiger partial charge is 0.497 e. The maximum atomic E-state index is 5.51. The van der Waals surface area contributed by atoms with E-state index in [9.17, 15) is 0 Å². The van der Waals surface area contributed by atoms with E-state index in [1.165, 1.54) is 66.7 Å². The number of aryl methyl sites for hydroxylation is 2. The number of rotatable bonds is 7. The number of benzene rings is 1. The van der Waals surface area contributed by atoms with Crippen molar-refractivity contribution in [2.24, 2.45) is 5.92 Å². The first-order valence-corrected chi connectivity index (χ1v) is 13.4. The lowest BCUT2D eigenvalue weighted by Gasteiger charge is -2.39. The molecule has 2 fully saturated rings. The van der Waals surface area contributed by atoms with Crippen molar-refractivity contribution in [1.29, 1.82) is 0 Å². The zero-order valence-corrected chi connectivity index (χ0v) is 21.4. The fourth-order valence-electron chi connectivity index (χ4n) is 5.39. The van der Waals surface area contributed by atoms with Crippen LogP contribution in [0.3, 0.4) is 0 Å². The molecular formula is C27H36N4OS. The molecule has 0 spiro atoms. The maximum Gasteiger partial charge on any atom is 0.142 e. The van der Waals surface area contributed by atoms with Gasteiger partial charge in [0.05, 0.1) is 24.0 Å². The summed E-state index contributed by atoms with van der Waals surface area (Å²) in [6.07, 6.45) is 7.35. The third kappa shape index (κ3) is 4.35. The number of methoxy groups -OCH3 is 1. The maximum absolute atomic E-state index is 5.51. The fourth-order valence-corrected chi connectivity index (χ4v) is 5.97. The van der Waals surface area contributed by atoms with E-state index >= 15 is 0 Å². The van der Waals surface area contributed by atoms with Crippen molar-refractivity contribution >= 4 is 23.0 Å². The second kappa shape index (κ2) is 9.22. The van der Waals surface area contributed by atoms with Gasteiger partial charge in [0.2, 0.25) is 0 Å². The number of fused-ring (bicyclic) bond motifs is 1. The van der Waals surface area contributed by atoms with Crippen molar-refractivity contribution in [3.63, 3.8) is 0 Å². The molecule has 33 heavy (non-hydrogen) atoms. The van der Waals surface area contributed by atoms with Crippen molar-refractivity contribution in [1.82, 2.24) is 14.5 Å². The van der Waals surface area contributed by atoms with E-state index in [1.807, 2.05) is 0 Å². The first kappa shape index (κ1) is 22.6. The van der Waals surface area contributed by atoms with Gasteiger partial charge in [-0.05, 0) is 107 Å². The molecule has 1 aromatic carbocycles. The lowest BCUT2D eigenvalue weighted by atomic mass is 9.98. The molecule has 3 aromatic rings. The Balaban J connectivity index is 1.65. The van der Waals surface area contributed by atoms with E-state index in [1.54, 1.807) is 18.9 Å². The number of piperidine rings is 1. The molecule has 0 amide bonds. The van der Waals surface area contributed by atoms with Crippen molar-refractivity contribution in [3.05, 3.63) is 41.5 Å². The molecule has 5 nitrogen and oxygen atoms in total. The number of hydrogen-bond acceptors (Lipinski definition) is 5. The average molecular weight is 465 g/mol. The van der Waals surface area contributed by atoms with Crippen LogP contribution in [-0.2, 0) is 0 Å². The van der Waals surface area contributed by atoms with Gasteiger partial charge in [0.25, 0.3) is 0 Å². The molecule has 2 aromatic heterocycles. The van der Waals surface area contributed by atoms with E-state index in [4.69, 9.17) is 9.84 Å². The van der Waals surface area contributed by atoms with Gasteiger partial charge < -0.3 is 14.5 Å². The highest BCUT2D eigenvalue weighted by Crippen LogP contribution is 2.41. The molecule has 0 bridgehead atoms. The van der Waals surface area contributed by atoms with Gasteiger partial charge in [-0.1, -0.05) is 6.07 Å². The number of hydrogen-bond donors (Lipinski definition) is 0. The Morgan fingerprint density at radius 2 is 1.79 bits per heavy atom. The van der Waals surface area contributed by atoms with Gasteiger partial charge in [-0.25, -0.2) is 4.52 Å². The molecule has 1 aliphatic carbocycles. The summed E-state index contributed by atoms with van der Waals surface area (Å²) in [5, 5.41) is 6.33. The predicted molar refractivity (Wildman–Crippen MR) is 139 cm³/mol. The van der Waals surface area contributed by atoms with Crippen LogP contribution in [0.5, 0.6) is 5.75 Å². The first-order chi connectivity index (χ1) is 16.0. The number of pyridine rings is 1. The molecule has 6 heteroatoms. The summed E-state index contributed by atoms with van der Waals surface area (Å²) < 4.78 is 7.70. The minimum absolute atomic E-state index is 0.591. The molecule has 176 valence electrons. The summed E-state index contributed by atoms with van der Waals surface area (Å²) in [5.41, 5.74) is 7.40. The van der Waals surface area contributed by atoms with Crippen LogP contribution in [0.4, 0.5) is 5.69 Å². The summed E-state index contributed by atoms with van der Waals surface area (Å²) in [4.78, 5) is 5.20. The lowest BCUT2D eigenvalue weighted by molar-refractivity contribution is 0.248. The summed E-state index contributed by atoms with van der Waals surface area (Å²) in [7, 11) is 3.98. The quantitative estimate of drug-likeness (QED) is 0.422. The number of aromatic nitrogens is 2. The van der Waals surface area contributed by atoms with E-state index in [0.29, 0.717) is 6.04 Å². The molecule has 2 aliphatic rings. The van der Waals surface area contributed by atoms with Gasteiger partial charge in [0.15, 0.2) is 0 Å². The third-order valence-electron chi connectivity index (χ3n) is 7.36. The van der Waals surface area contributed by atoms with E-state index in [-0.39, 0.29) is 0 Å². The standard InChI is InChI=1S/C27H36N4OS/c1-18-15-22(32-4)16-19(2)25(18)23-7-6-8-24-26(27(33-5)28-31(23)24)30(17-20-9-10-20)21-11-13-29(3)14-12-21/h6-8,15-16,20-21H,9-14,17H2,1-5H3. The molecular weight excluding hydrogens is 428 g/mol. The molecule has 5 rings (SSSR count). The van der Waals surface area contributed by atoms with Crippen LogP contribution in [0.1, 0.15) is 36.8 Å². The van der Waals surface area contributed by atoms with Gasteiger partial charge in [0.1, 0.15) is 10.8 Å². The molecule has 1 saturated carbocycles. The average Bonchev–Trinajstić information content (AvgIpc) is 3.55. The minimum Gasteiger partial charge on any atom is -0.497 e. The predicted octanol–water partition coefficient (Wildman–Crippen LogP) is 5.66. The number of anilines is 1. The second-order valence-corrected chi connectivity index (χ2v) is 10.6. The molecule has 0 N–H and O–H groups in total. The minimum atomic E-state index is 0.591. The highest BCUT2D eigenvalue weighted by atomic mass is 32.2. The molecule has 3 heterocycles. The SMILES string of the molecule is COc1cc(C)c(-c2cccc3c(N(CC4CC4)C4CCN(C)CC4)c(SC)nn23)c(C)c1. The number of likely N-dealkylation sites (tertiary alicyclic amines) is 1. The normalized spacial score (nSPS) is 17.6. The zero-order valence-electron chi connectivity index (χ0n) is 20.6. The summed E-state index contributed by atoms with van der Waals surface area (Å²) in [6.45, 7) is 7.85. The van der Waals surface area contributed by atoms with Gasteiger partial charge in [-0.3, -0.25) is 0 Å². The monoisotopic (exact) mass is 464 g/mol. The van der Waals surface area contributed by atoms with Crippen LogP contribution in [-0.4, -0.2) is 60.6 Å². The highest BCUT2D eigenvalue weighted by Gasteiger charge is 2.33.